The van der Waals surface area contributed by atoms with Gasteiger partial charge in [-0.3, -0.25) is 0 Å². The Morgan fingerprint density at radius 1 is 1.06 bits per heavy atom. The van der Waals surface area contributed by atoms with Crippen LogP contribution in [0.5, 0.6) is 0 Å². The third kappa shape index (κ3) is 4.12. The molecule has 0 bridgehead atoms. The number of nitrogens with zero attached hydrogens (tertiary/aromatic N) is 3. The predicted molar refractivity (Wildman–Crippen MR) is 128 cm³/mol. The van der Waals surface area contributed by atoms with E-state index < -0.39 is 10.0 Å². The Labute approximate surface area is 192 Å². The Morgan fingerprint density at radius 2 is 1.85 bits per heavy atom. The van der Waals surface area contributed by atoms with E-state index >= 15 is 0 Å². The fraction of sp³-hybridized carbons (Fsp3) is 0.240. The lowest BCUT2D eigenvalue weighted by molar-refractivity contribution is 0.560. The van der Waals surface area contributed by atoms with Crippen LogP contribution in [0, 0.1) is 19.7 Å². The minimum atomic E-state index is -3.60. The predicted octanol–water partition coefficient (Wildman–Crippen LogP) is 4.34. The van der Waals surface area contributed by atoms with Crippen LogP contribution in [0.15, 0.2) is 71.8 Å². The number of rotatable bonds is 5. The van der Waals surface area contributed by atoms with Crippen LogP contribution in [0.3, 0.4) is 0 Å². The van der Waals surface area contributed by atoms with Crippen molar-refractivity contribution < 1.29 is 12.8 Å². The molecule has 1 unspecified atom stereocenters. The largest absolute Gasteiger partial charge is 0.369 e. The second-order valence-corrected chi connectivity index (χ2v) is 10.2. The van der Waals surface area contributed by atoms with E-state index in [0.717, 1.165) is 39.9 Å². The van der Waals surface area contributed by atoms with E-state index in [4.69, 9.17) is 0 Å². The molecule has 0 saturated carbocycles. The lowest BCUT2D eigenvalue weighted by Gasteiger charge is -2.20. The first kappa shape index (κ1) is 21.6. The molecular formula is C25H25FN4O2S. The molecular weight excluding hydrogens is 439 g/mol. The molecule has 1 saturated heterocycles. The fourth-order valence-corrected chi connectivity index (χ4v) is 6.05. The number of sulfonamides is 1. The van der Waals surface area contributed by atoms with Gasteiger partial charge in [0.15, 0.2) is 0 Å². The molecule has 1 aliphatic heterocycles. The molecule has 5 rings (SSSR count). The molecule has 0 spiro atoms. The van der Waals surface area contributed by atoms with E-state index in [-0.39, 0.29) is 11.9 Å². The van der Waals surface area contributed by atoms with E-state index in [0.29, 0.717) is 17.9 Å². The average Bonchev–Trinajstić information content (AvgIpc) is 3.42. The summed E-state index contributed by atoms with van der Waals surface area (Å²) in [5.74, 6) is -0.290. The van der Waals surface area contributed by atoms with Gasteiger partial charge in [-0.15, -0.1) is 0 Å². The molecule has 3 aromatic carbocycles. The Balaban J connectivity index is 1.39. The third-order valence-corrected chi connectivity index (χ3v) is 7.81. The van der Waals surface area contributed by atoms with Gasteiger partial charge in [0.05, 0.1) is 22.3 Å². The van der Waals surface area contributed by atoms with Crippen LogP contribution < -0.4 is 9.62 Å². The van der Waals surface area contributed by atoms with Crippen molar-refractivity contribution >= 4 is 26.6 Å². The van der Waals surface area contributed by atoms with Gasteiger partial charge in [-0.25, -0.2) is 22.2 Å². The van der Waals surface area contributed by atoms with E-state index in [2.05, 4.69) is 14.7 Å². The first-order chi connectivity index (χ1) is 15.8. The minimum absolute atomic E-state index is 0.183. The van der Waals surface area contributed by atoms with Crippen molar-refractivity contribution in [3.05, 3.63) is 83.8 Å². The Bertz CT molecular complexity index is 1430. The molecule has 4 aromatic rings. The molecule has 1 aliphatic rings. The zero-order valence-corrected chi connectivity index (χ0v) is 19.3. The number of benzene rings is 3. The highest BCUT2D eigenvalue weighted by atomic mass is 32.2. The summed E-state index contributed by atoms with van der Waals surface area (Å²) in [6.45, 7) is 5.02. The highest BCUT2D eigenvalue weighted by Crippen LogP contribution is 2.31. The average molecular weight is 465 g/mol. The van der Waals surface area contributed by atoms with Crippen LogP contribution in [-0.4, -0.2) is 37.3 Å². The summed E-state index contributed by atoms with van der Waals surface area (Å²) < 4.78 is 44.1. The van der Waals surface area contributed by atoms with Crippen molar-refractivity contribution in [1.29, 1.82) is 0 Å². The lowest BCUT2D eigenvalue weighted by Crippen LogP contribution is -2.37. The van der Waals surface area contributed by atoms with Gasteiger partial charge in [0, 0.05) is 30.2 Å². The van der Waals surface area contributed by atoms with Gasteiger partial charge in [-0.05, 0) is 73.9 Å². The van der Waals surface area contributed by atoms with Crippen LogP contribution in [0.25, 0.3) is 16.6 Å². The third-order valence-electron chi connectivity index (χ3n) is 6.15. The summed E-state index contributed by atoms with van der Waals surface area (Å²) in [5.41, 5.74) is 4.36. The number of hydrogen-bond donors (Lipinski definition) is 1. The monoisotopic (exact) mass is 464 g/mol. The van der Waals surface area contributed by atoms with Crippen LogP contribution >= 0.6 is 0 Å². The summed E-state index contributed by atoms with van der Waals surface area (Å²) in [5, 5.41) is 5.49. The number of anilines is 1. The van der Waals surface area contributed by atoms with Crippen LogP contribution in [0.1, 0.15) is 17.5 Å². The summed E-state index contributed by atoms with van der Waals surface area (Å²) in [6, 6.07) is 17.5. The molecule has 1 aromatic heterocycles. The van der Waals surface area contributed by atoms with E-state index in [1.54, 1.807) is 22.9 Å². The first-order valence-corrected chi connectivity index (χ1v) is 12.4. The van der Waals surface area contributed by atoms with Crippen molar-refractivity contribution in [3.8, 4) is 5.69 Å². The van der Waals surface area contributed by atoms with Gasteiger partial charge in [0.2, 0.25) is 10.0 Å². The zero-order valence-electron chi connectivity index (χ0n) is 18.5. The fourth-order valence-electron chi connectivity index (χ4n) is 4.45. The Kier molecular flexibility index (Phi) is 5.42. The highest BCUT2D eigenvalue weighted by molar-refractivity contribution is 7.89. The lowest BCUT2D eigenvalue weighted by atomic mass is 10.2. The minimum Gasteiger partial charge on any atom is -0.369 e. The normalized spacial score (nSPS) is 16.6. The molecule has 0 aliphatic carbocycles. The van der Waals surface area contributed by atoms with Gasteiger partial charge in [0.25, 0.3) is 0 Å². The van der Waals surface area contributed by atoms with Gasteiger partial charge in [-0.2, -0.15) is 5.10 Å². The Hall–Kier alpha value is -3.23. The van der Waals surface area contributed by atoms with Crippen molar-refractivity contribution in [3.63, 3.8) is 0 Å². The van der Waals surface area contributed by atoms with Gasteiger partial charge in [0.1, 0.15) is 5.82 Å². The maximum absolute atomic E-state index is 13.3. The van der Waals surface area contributed by atoms with Crippen molar-refractivity contribution in [2.24, 2.45) is 0 Å². The number of aryl methyl sites for hydroxylation is 2. The highest BCUT2D eigenvalue weighted by Gasteiger charge is 2.29. The molecule has 0 radical (unpaired) electrons. The van der Waals surface area contributed by atoms with Gasteiger partial charge < -0.3 is 4.90 Å². The van der Waals surface area contributed by atoms with Gasteiger partial charge >= 0.3 is 0 Å². The number of fused-ring (bicyclic) bond motifs is 1. The molecule has 1 atom stereocenters. The van der Waals surface area contributed by atoms with Crippen LogP contribution in [0.4, 0.5) is 10.1 Å². The molecule has 8 heteroatoms. The second-order valence-electron chi connectivity index (χ2n) is 8.56. The molecule has 170 valence electrons. The molecule has 1 fully saturated rings. The maximum Gasteiger partial charge on any atom is 0.241 e. The quantitative estimate of drug-likeness (QED) is 0.477. The summed E-state index contributed by atoms with van der Waals surface area (Å²) in [7, 11) is -3.60. The van der Waals surface area contributed by atoms with E-state index in [9.17, 15) is 12.8 Å². The number of halogens is 1. The van der Waals surface area contributed by atoms with E-state index in [1.165, 1.54) is 12.1 Å². The standard InChI is InChI=1S/C25H25FN4O2S/c1-17-6-7-18(2)25(14-17)33(31,32)28-20-12-13-29(16-20)23-4-3-5-24-22(23)15-27-30(24)21-10-8-19(26)9-11-21/h3-11,14-15,20,28H,12-13,16H2,1-2H3. The molecule has 0 amide bonds. The topological polar surface area (TPSA) is 67.2 Å². The van der Waals surface area contributed by atoms with E-state index in [1.807, 2.05) is 50.4 Å². The summed E-state index contributed by atoms with van der Waals surface area (Å²) >= 11 is 0. The molecule has 6 nitrogen and oxygen atoms in total. The van der Waals surface area contributed by atoms with Crippen LogP contribution in [-0.2, 0) is 10.0 Å². The summed E-state index contributed by atoms with van der Waals surface area (Å²) in [4.78, 5) is 2.53. The number of hydrogen-bond acceptors (Lipinski definition) is 4. The SMILES string of the molecule is Cc1ccc(C)c(S(=O)(=O)NC2CCN(c3cccc4c3cnn4-c3ccc(F)cc3)C2)c1. The molecule has 1 N–H and O–H groups in total. The second kappa shape index (κ2) is 8.28. The number of nitrogens with one attached hydrogen (secondary N) is 1. The van der Waals surface area contributed by atoms with Crippen molar-refractivity contribution in [2.75, 3.05) is 18.0 Å². The maximum atomic E-state index is 13.3. The summed E-state index contributed by atoms with van der Waals surface area (Å²) in [6.07, 6.45) is 2.52. The van der Waals surface area contributed by atoms with Gasteiger partial charge in [-0.1, -0.05) is 18.2 Å². The molecule has 2 heterocycles. The Morgan fingerprint density at radius 3 is 2.64 bits per heavy atom. The first-order valence-electron chi connectivity index (χ1n) is 10.9. The molecule has 33 heavy (non-hydrogen) atoms. The van der Waals surface area contributed by atoms with Crippen molar-refractivity contribution in [1.82, 2.24) is 14.5 Å². The number of aromatic nitrogens is 2. The van der Waals surface area contributed by atoms with Crippen molar-refractivity contribution in [2.45, 2.75) is 31.2 Å². The smallest absolute Gasteiger partial charge is 0.241 e. The zero-order chi connectivity index (χ0) is 23.2. The van der Waals surface area contributed by atoms with Crippen LogP contribution in [0.2, 0.25) is 0 Å².